The van der Waals surface area contributed by atoms with Crippen LogP contribution in [0, 0.1) is 0 Å². The van der Waals surface area contributed by atoms with Gasteiger partial charge in [0.15, 0.2) is 0 Å². The Balaban J connectivity index is 2.18. The Labute approximate surface area is 129 Å². The first-order valence-electron chi connectivity index (χ1n) is 7.02. The van der Waals surface area contributed by atoms with Crippen molar-refractivity contribution in [2.45, 2.75) is 0 Å². The van der Waals surface area contributed by atoms with Gasteiger partial charge in [0.2, 0.25) is 0 Å². The molecule has 4 N–H and O–H groups in total. The minimum Gasteiger partial charge on any atom is -0.399 e. The van der Waals surface area contributed by atoms with Gasteiger partial charge in [0.1, 0.15) is 0 Å². The molecule has 0 saturated carbocycles. The molecule has 0 heterocycles. The lowest BCUT2D eigenvalue weighted by molar-refractivity contribution is 1.51. The van der Waals surface area contributed by atoms with Gasteiger partial charge in [0, 0.05) is 11.4 Å². The van der Waals surface area contributed by atoms with Crippen molar-refractivity contribution in [2.75, 3.05) is 11.5 Å². The van der Waals surface area contributed by atoms with Crippen LogP contribution < -0.4 is 16.9 Å². The van der Waals surface area contributed by atoms with E-state index < -0.39 is 0 Å². The van der Waals surface area contributed by atoms with E-state index in [4.69, 9.17) is 11.5 Å². The minimum atomic E-state index is 0.248. The summed E-state index contributed by atoms with van der Waals surface area (Å²) in [5.41, 5.74) is 17.5. The van der Waals surface area contributed by atoms with E-state index in [1.54, 1.807) is 12.2 Å². The smallest absolute Gasteiger partial charge is 0.0857 e. The van der Waals surface area contributed by atoms with Crippen LogP contribution in [0.1, 0.15) is 11.1 Å². The van der Waals surface area contributed by atoms with E-state index in [2.05, 4.69) is 0 Å². The van der Waals surface area contributed by atoms with E-state index in [1.807, 2.05) is 60.7 Å². The van der Waals surface area contributed by atoms with Crippen molar-refractivity contribution in [3.05, 3.63) is 89.5 Å². The van der Waals surface area contributed by atoms with E-state index in [-0.39, 0.29) is 5.71 Å². The van der Waals surface area contributed by atoms with Crippen molar-refractivity contribution >= 4 is 22.7 Å². The first-order chi connectivity index (χ1) is 10.6. The molecule has 0 fully saturated rings. The lowest BCUT2D eigenvalue weighted by atomic mass is 9.90. The fourth-order valence-corrected chi connectivity index (χ4v) is 2.43. The monoisotopic (exact) mass is 286 g/mol. The third-order valence-electron chi connectivity index (χ3n) is 3.55. The topological polar surface area (TPSA) is 74.3 Å². The predicted octanol–water partition coefficient (Wildman–Crippen LogP) is 3.02. The third kappa shape index (κ3) is 2.83. The van der Waals surface area contributed by atoms with Crippen LogP contribution in [0.2, 0.25) is 0 Å². The molecule has 3 nitrogen and oxygen atoms in total. The largest absolute Gasteiger partial charge is 0.399 e. The maximum atomic E-state index is 9.51. The first kappa shape index (κ1) is 13.9. The van der Waals surface area contributed by atoms with Gasteiger partial charge in [-0.1, -0.05) is 36.4 Å². The third-order valence-corrected chi connectivity index (χ3v) is 3.55. The van der Waals surface area contributed by atoms with E-state index in [9.17, 15) is 5.41 Å². The van der Waals surface area contributed by atoms with Crippen molar-refractivity contribution in [3.63, 3.8) is 0 Å². The Hall–Kier alpha value is -3.07. The molecule has 0 atom stereocenters. The molecule has 3 heteroatoms. The highest BCUT2D eigenvalue weighted by atomic mass is 14.5. The quantitative estimate of drug-likeness (QED) is 0.833. The molecule has 0 aliphatic heterocycles. The fourth-order valence-electron chi connectivity index (χ4n) is 2.43. The molecule has 1 radical (unpaired) electrons. The van der Waals surface area contributed by atoms with Gasteiger partial charge >= 0.3 is 0 Å². The normalized spacial score (nSPS) is 13.5. The SMILES string of the molecule is [N]=C1C=CC(=C(c2ccc(N)cc2)c2ccc(N)cc2)C=C1. The number of rotatable bonds is 2. The molecule has 0 bridgehead atoms. The van der Waals surface area contributed by atoms with E-state index in [1.165, 1.54) is 0 Å². The van der Waals surface area contributed by atoms with Crippen LogP contribution in [0.15, 0.2) is 78.4 Å². The summed E-state index contributed by atoms with van der Waals surface area (Å²) in [4.78, 5) is 0. The first-order valence-corrected chi connectivity index (χ1v) is 7.02. The Morgan fingerprint density at radius 1 is 0.636 bits per heavy atom. The number of nitrogen functional groups attached to an aromatic ring is 2. The van der Waals surface area contributed by atoms with Crippen LogP contribution in [-0.2, 0) is 0 Å². The lowest BCUT2D eigenvalue weighted by Crippen LogP contribution is -1.98. The second kappa shape index (κ2) is 5.74. The van der Waals surface area contributed by atoms with Crippen LogP contribution >= 0.6 is 0 Å². The molecule has 107 valence electrons. The number of hydrogen-bond acceptors (Lipinski definition) is 2. The molecule has 0 unspecified atom stereocenters. The van der Waals surface area contributed by atoms with Crippen molar-refractivity contribution in [1.82, 2.24) is 5.41 Å². The summed E-state index contributed by atoms with van der Waals surface area (Å²) >= 11 is 0. The summed E-state index contributed by atoms with van der Waals surface area (Å²) in [6.07, 6.45) is 7.17. The molecule has 2 aromatic carbocycles. The molecule has 2 aromatic rings. The maximum Gasteiger partial charge on any atom is 0.0857 e. The number of anilines is 2. The summed E-state index contributed by atoms with van der Waals surface area (Å²) in [6, 6.07) is 15.5. The molecule has 3 rings (SSSR count). The summed E-state index contributed by atoms with van der Waals surface area (Å²) in [5, 5.41) is 9.51. The van der Waals surface area contributed by atoms with Crippen LogP contribution in [-0.4, -0.2) is 5.71 Å². The second-order valence-corrected chi connectivity index (χ2v) is 5.17. The van der Waals surface area contributed by atoms with Gasteiger partial charge in [-0.25, -0.2) is 0 Å². The zero-order valence-corrected chi connectivity index (χ0v) is 12.0. The van der Waals surface area contributed by atoms with Crippen molar-refractivity contribution in [3.8, 4) is 0 Å². The van der Waals surface area contributed by atoms with Gasteiger partial charge in [-0.2, -0.15) is 5.41 Å². The molecule has 0 spiro atoms. The van der Waals surface area contributed by atoms with E-state index in [0.717, 1.165) is 33.6 Å². The Morgan fingerprint density at radius 2 is 1.05 bits per heavy atom. The highest BCUT2D eigenvalue weighted by Gasteiger charge is 2.11. The molecular weight excluding hydrogens is 270 g/mol. The number of benzene rings is 2. The summed E-state index contributed by atoms with van der Waals surface area (Å²) in [7, 11) is 0. The van der Waals surface area contributed by atoms with Crippen molar-refractivity contribution in [2.24, 2.45) is 0 Å². The second-order valence-electron chi connectivity index (χ2n) is 5.17. The maximum absolute atomic E-state index is 9.51. The van der Waals surface area contributed by atoms with Gasteiger partial charge in [-0.05, 0) is 58.7 Å². The Morgan fingerprint density at radius 3 is 1.45 bits per heavy atom. The van der Waals surface area contributed by atoms with Crippen LogP contribution in [0.5, 0.6) is 0 Å². The van der Waals surface area contributed by atoms with Gasteiger partial charge in [-0.3, -0.25) is 0 Å². The van der Waals surface area contributed by atoms with Crippen LogP contribution in [0.4, 0.5) is 11.4 Å². The van der Waals surface area contributed by atoms with Crippen molar-refractivity contribution < 1.29 is 0 Å². The van der Waals surface area contributed by atoms with E-state index in [0.29, 0.717) is 0 Å². The average molecular weight is 286 g/mol. The fraction of sp³-hybridized carbons (Fsp3) is 0. The minimum absolute atomic E-state index is 0.248. The molecular formula is C19H16N3. The average Bonchev–Trinajstić information content (AvgIpc) is 2.53. The van der Waals surface area contributed by atoms with E-state index >= 15 is 0 Å². The van der Waals surface area contributed by atoms with Crippen molar-refractivity contribution in [1.29, 1.82) is 0 Å². The van der Waals surface area contributed by atoms with Gasteiger partial charge in [-0.15, -0.1) is 0 Å². The predicted molar refractivity (Wildman–Crippen MR) is 93.2 cm³/mol. The van der Waals surface area contributed by atoms with Gasteiger partial charge in [0.05, 0.1) is 5.71 Å². The summed E-state index contributed by atoms with van der Waals surface area (Å²) in [6.45, 7) is 0. The van der Waals surface area contributed by atoms with Gasteiger partial charge in [0.25, 0.3) is 0 Å². The molecule has 0 saturated heterocycles. The number of allylic oxidation sites excluding steroid dienone is 5. The Bertz CT molecular complexity index is 726. The number of nitrogens with two attached hydrogens (primary N) is 2. The zero-order chi connectivity index (χ0) is 15.5. The molecule has 0 amide bonds. The highest BCUT2D eigenvalue weighted by Crippen LogP contribution is 2.30. The number of nitrogens with zero attached hydrogens (tertiary/aromatic N) is 1. The highest BCUT2D eigenvalue weighted by molar-refractivity contribution is 6.05. The number of hydrogen-bond donors (Lipinski definition) is 2. The van der Waals surface area contributed by atoms with Crippen LogP contribution in [0.25, 0.3) is 5.57 Å². The summed E-state index contributed by atoms with van der Waals surface area (Å²) < 4.78 is 0. The molecule has 1 aliphatic carbocycles. The summed E-state index contributed by atoms with van der Waals surface area (Å²) in [5.74, 6) is 0. The molecule has 0 aromatic heterocycles. The Kier molecular flexibility index (Phi) is 3.62. The molecule has 1 aliphatic rings. The van der Waals surface area contributed by atoms with Crippen LogP contribution in [0.3, 0.4) is 0 Å². The molecule has 22 heavy (non-hydrogen) atoms. The standard InChI is InChI=1S/C19H16N3/c20-16-7-1-13(2-8-16)19(14-3-9-17(21)10-4-14)15-5-11-18(22)12-6-15/h1-12H,20-21H2. The lowest BCUT2D eigenvalue weighted by Gasteiger charge is -2.14. The zero-order valence-electron chi connectivity index (χ0n) is 12.0. The van der Waals surface area contributed by atoms with Gasteiger partial charge < -0.3 is 11.5 Å².